The highest BCUT2D eigenvalue weighted by molar-refractivity contribution is 14.1. The van der Waals surface area contributed by atoms with Crippen molar-refractivity contribution in [3.63, 3.8) is 0 Å². The quantitative estimate of drug-likeness (QED) is 0.444. The number of fused-ring (bicyclic) bond motifs is 1. The molecular formula is C16H12ClIN2O. The molecule has 21 heavy (non-hydrogen) atoms. The molecule has 106 valence electrons. The Morgan fingerprint density at radius 1 is 1.10 bits per heavy atom. The molecule has 1 heterocycles. The van der Waals surface area contributed by atoms with Crippen LogP contribution < -0.4 is 5.56 Å². The van der Waals surface area contributed by atoms with E-state index in [1.807, 2.05) is 44.2 Å². The molecule has 1 aromatic heterocycles. The molecule has 0 bridgehead atoms. The minimum atomic E-state index is -0.145. The molecule has 0 spiro atoms. The largest absolute Gasteiger partial charge is 0.268 e. The van der Waals surface area contributed by atoms with Crippen LogP contribution in [0.5, 0.6) is 0 Å². The van der Waals surface area contributed by atoms with Gasteiger partial charge in [-0.1, -0.05) is 6.07 Å². The van der Waals surface area contributed by atoms with Gasteiger partial charge in [0.25, 0.3) is 5.56 Å². The predicted octanol–water partition coefficient (Wildman–Crippen LogP) is 4.26. The maximum absolute atomic E-state index is 12.8. The standard InChI is InChI=1S/C16H12ClIN2O/c1-9-5-10(2)7-12(6-9)20-15(21)13-8-11(18)3-4-14(13)19-16(20)17/h3-8H,1-2H3. The van der Waals surface area contributed by atoms with E-state index < -0.39 is 0 Å². The Morgan fingerprint density at radius 3 is 2.43 bits per heavy atom. The Balaban J connectivity index is 2.39. The van der Waals surface area contributed by atoms with E-state index in [4.69, 9.17) is 11.6 Å². The highest BCUT2D eigenvalue weighted by Gasteiger charge is 2.12. The van der Waals surface area contributed by atoms with Crippen molar-refractivity contribution in [3.05, 3.63) is 66.7 Å². The molecule has 0 saturated carbocycles. The molecule has 0 radical (unpaired) electrons. The van der Waals surface area contributed by atoms with Crippen molar-refractivity contribution < 1.29 is 0 Å². The highest BCUT2D eigenvalue weighted by Crippen LogP contribution is 2.19. The van der Waals surface area contributed by atoms with Crippen molar-refractivity contribution in [1.82, 2.24) is 9.55 Å². The van der Waals surface area contributed by atoms with Crippen molar-refractivity contribution in [3.8, 4) is 5.69 Å². The second-order valence-electron chi connectivity index (χ2n) is 5.03. The summed E-state index contributed by atoms with van der Waals surface area (Å²) in [4.78, 5) is 17.1. The van der Waals surface area contributed by atoms with Crippen molar-refractivity contribution in [2.24, 2.45) is 0 Å². The van der Waals surface area contributed by atoms with Gasteiger partial charge in [0.2, 0.25) is 5.28 Å². The topological polar surface area (TPSA) is 34.9 Å². The van der Waals surface area contributed by atoms with Gasteiger partial charge in [0.15, 0.2) is 0 Å². The summed E-state index contributed by atoms with van der Waals surface area (Å²) in [6.07, 6.45) is 0. The fourth-order valence-corrected chi connectivity index (χ4v) is 3.19. The van der Waals surface area contributed by atoms with E-state index in [1.54, 1.807) is 0 Å². The van der Waals surface area contributed by atoms with Gasteiger partial charge in [-0.15, -0.1) is 0 Å². The summed E-state index contributed by atoms with van der Waals surface area (Å²) in [7, 11) is 0. The fourth-order valence-electron chi connectivity index (χ4n) is 2.43. The summed E-state index contributed by atoms with van der Waals surface area (Å²) in [6, 6.07) is 11.5. The van der Waals surface area contributed by atoms with Crippen LogP contribution in [-0.2, 0) is 0 Å². The molecule has 0 aliphatic rings. The zero-order chi connectivity index (χ0) is 15.1. The molecule has 3 rings (SSSR count). The Kier molecular flexibility index (Phi) is 3.75. The molecule has 2 aromatic carbocycles. The van der Waals surface area contributed by atoms with Crippen LogP contribution in [-0.4, -0.2) is 9.55 Å². The maximum Gasteiger partial charge on any atom is 0.266 e. The first kappa shape index (κ1) is 14.5. The average molecular weight is 411 g/mol. The second-order valence-corrected chi connectivity index (χ2v) is 6.61. The lowest BCUT2D eigenvalue weighted by Gasteiger charge is -2.11. The molecule has 0 N–H and O–H groups in total. The normalized spacial score (nSPS) is 11.0. The van der Waals surface area contributed by atoms with Crippen LogP contribution in [0.1, 0.15) is 11.1 Å². The molecule has 0 aliphatic carbocycles. The Bertz CT molecular complexity index is 898. The molecule has 0 saturated heterocycles. The first-order chi connectivity index (χ1) is 9.95. The van der Waals surface area contributed by atoms with Crippen LogP contribution in [0.15, 0.2) is 41.2 Å². The van der Waals surface area contributed by atoms with Gasteiger partial charge in [-0.3, -0.25) is 9.36 Å². The Morgan fingerprint density at radius 2 is 1.76 bits per heavy atom. The smallest absolute Gasteiger partial charge is 0.266 e. The first-order valence-electron chi connectivity index (χ1n) is 6.42. The second kappa shape index (κ2) is 5.42. The van der Waals surface area contributed by atoms with Crippen molar-refractivity contribution in [2.75, 3.05) is 0 Å². The van der Waals surface area contributed by atoms with Gasteiger partial charge in [0, 0.05) is 3.57 Å². The van der Waals surface area contributed by atoms with E-state index in [9.17, 15) is 4.79 Å². The lowest BCUT2D eigenvalue weighted by Crippen LogP contribution is -2.20. The summed E-state index contributed by atoms with van der Waals surface area (Å²) in [5.41, 5.74) is 3.38. The summed E-state index contributed by atoms with van der Waals surface area (Å²) in [6.45, 7) is 3.99. The molecule has 0 atom stereocenters. The summed E-state index contributed by atoms with van der Waals surface area (Å²) in [5.74, 6) is 0. The van der Waals surface area contributed by atoms with Crippen molar-refractivity contribution in [1.29, 1.82) is 0 Å². The SMILES string of the molecule is Cc1cc(C)cc(-n2c(Cl)nc3ccc(I)cc3c2=O)c1. The zero-order valence-electron chi connectivity index (χ0n) is 11.5. The lowest BCUT2D eigenvalue weighted by molar-refractivity contribution is 0.959. The zero-order valence-corrected chi connectivity index (χ0v) is 14.4. The van der Waals surface area contributed by atoms with Crippen molar-refractivity contribution in [2.45, 2.75) is 13.8 Å². The van der Waals surface area contributed by atoms with E-state index in [1.165, 1.54) is 4.57 Å². The molecule has 0 fully saturated rings. The Labute approximate surface area is 140 Å². The number of hydrogen-bond acceptors (Lipinski definition) is 2. The van der Waals surface area contributed by atoms with Crippen LogP contribution in [0.2, 0.25) is 5.28 Å². The lowest BCUT2D eigenvalue weighted by atomic mass is 10.1. The van der Waals surface area contributed by atoms with Gasteiger partial charge < -0.3 is 0 Å². The minimum Gasteiger partial charge on any atom is -0.268 e. The third-order valence-corrected chi connectivity index (χ3v) is 4.18. The molecule has 3 aromatic rings. The third kappa shape index (κ3) is 2.70. The van der Waals surface area contributed by atoms with E-state index in [0.29, 0.717) is 10.9 Å². The van der Waals surface area contributed by atoms with Gasteiger partial charge in [-0.2, -0.15) is 0 Å². The summed E-state index contributed by atoms with van der Waals surface area (Å²) < 4.78 is 2.45. The van der Waals surface area contributed by atoms with E-state index in [0.717, 1.165) is 20.4 Å². The minimum absolute atomic E-state index is 0.145. The molecule has 5 heteroatoms. The number of benzene rings is 2. The number of aryl methyl sites for hydroxylation is 2. The monoisotopic (exact) mass is 410 g/mol. The maximum atomic E-state index is 12.8. The van der Waals surface area contributed by atoms with Gasteiger partial charge in [-0.05, 0) is 89.5 Å². The number of nitrogens with zero attached hydrogens (tertiary/aromatic N) is 2. The average Bonchev–Trinajstić information content (AvgIpc) is 2.39. The van der Waals surface area contributed by atoms with E-state index in [-0.39, 0.29) is 10.8 Å². The van der Waals surface area contributed by atoms with Crippen LogP contribution in [0.25, 0.3) is 16.6 Å². The third-order valence-electron chi connectivity index (χ3n) is 3.25. The summed E-state index contributed by atoms with van der Waals surface area (Å²) >= 11 is 8.42. The van der Waals surface area contributed by atoms with Gasteiger partial charge in [-0.25, -0.2) is 4.98 Å². The molecule has 0 amide bonds. The number of rotatable bonds is 1. The van der Waals surface area contributed by atoms with Crippen molar-refractivity contribution >= 4 is 45.1 Å². The predicted molar refractivity (Wildman–Crippen MR) is 94.5 cm³/mol. The number of halogens is 2. The van der Waals surface area contributed by atoms with Crippen LogP contribution in [0, 0.1) is 17.4 Å². The van der Waals surface area contributed by atoms with Gasteiger partial charge >= 0.3 is 0 Å². The van der Waals surface area contributed by atoms with Crippen LogP contribution >= 0.6 is 34.2 Å². The van der Waals surface area contributed by atoms with Gasteiger partial charge in [0.05, 0.1) is 16.6 Å². The van der Waals surface area contributed by atoms with Crippen LogP contribution in [0.4, 0.5) is 0 Å². The van der Waals surface area contributed by atoms with Gasteiger partial charge in [0.1, 0.15) is 0 Å². The summed E-state index contributed by atoms with van der Waals surface area (Å²) in [5, 5.41) is 0.754. The number of aromatic nitrogens is 2. The van der Waals surface area contributed by atoms with E-state index in [2.05, 4.69) is 33.6 Å². The molecular weight excluding hydrogens is 399 g/mol. The molecule has 3 nitrogen and oxygen atoms in total. The highest BCUT2D eigenvalue weighted by atomic mass is 127. The van der Waals surface area contributed by atoms with Crippen LogP contribution in [0.3, 0.4) is 0 Å². The first-order valence-corrected chi connectivity index (χ1v) is 7.88. The molecule has 0 aliphatic heterocycles. The van der Waals surface area contributed by atoms with E-state index >= 15 is 0 Å². The Hall–Kier alpha value is -1.40. The number of hydrogen-bond donors (Lipinski definition) is 0. The molecule has 0 unspecified atom stereocenters. The fraction of sp³-hybridized carbons (Fsp3) is 0.125.